The van der Waals surface area contributed by atoms with E-state index in [2.05, 4.69) is 10.3 Å². The summed E-state index contributed by atoms with van der Waals surface area (Å²) in [5, 5.41) is 5.75. The van der Waals surface area contributed by atoms with E-state index >= 15 is 0 Å². The second-order valence-corrected chi connectivity index (χ2v) is 9.90. The molecule has 3 rings (SSSR count). The molecular formula is C19H15Cl2FN2O3S2. The third kappa shape index (κ3) is 5.76. The lowest BCUT2D eigenvalue weighted by Gasteiger charge is -2.05. The second-order valence-electron chi connectivity index (χ2n) is 6.09. The van der Waals surface area contributed by atoms with Crippen LogP contribution in [0.25, 0.3) is 11.3 Å². The van der Waals surface area contributed by atoms with Gasteiger partial charge in [0, 0.05) is 22.4 Å². The highest BCUT2D eigenvalue weighted by Gasteiger charge is 2.16. The average molecular weight is 473 g/mol. The van der Waals surface area contributed by atoms with Crippen molar-refractivity contribution in [3.63, 3.8) is 0 Å². The minimum Gasteiger partial charge on any atom is -0.302 e. The largest absolute Gasteiger partial charge is 0.302 e. The number of carbonyl (C=O) groups excluding carboxylic acids is 1. The molecule has 2 aromatic carbocycles. The molecule has 1 amide bonds. The summed E-state index contributed by atoms with van der Waals surface area (Å²) >= 11 is 13.3. The van der Waals surface area contributed by atoms with Crippen LogP contribution in [0.4, 0.5) is 9.52 Å². The van der Waals surface area contributed by atoms with E-state index < -0.39 is 15.7 Å². The Morgan fingerprint density at radius 1 is 1.14 bits per heavy atom. The smallest absolute Gasteiger partial charge is 0.226 e. The first-order valence-electron chi connectivity index (χ1n) is 8.44. The highest BCUT2D eigenvalue weighted by atomic mass is 35.5. The summed E-state index contributed by atoms with van der Waals surface area (Å²) in [6, 6.07) is 9.65. The van der Waals surface area contributed by atoms with E-state index in [1.54, 1.807) is 23.6 Å². The summed E-state index contributed by atoms with van der Waals surface area (Å²) < 4.78 is 37.3. The maximum absolute atomic E-state index is 12.9. The van der Waals surface area contributed by atoms with Crippen LogP contribution in [-0.2, 0) is 14.6 Å². The minimum absolute atomic E-state index is 0.0110. The molecule has 0 saturated carbocycles. The lowest BCUT2D eigenvalue weighted by Crippen LogP contribution is -2.14. The third-order valence-corrected chi connectivity index (χ3v) is 7.07. The third-order valence-electron chi connectivity index (χ3n) is 3.95. The zero-order chi connectivity index (χ0) is 21.0. The highest BCUT2D eigenvalue weighted by Crippen LogP contribution is 2.32. The molecule has 0 saturated heterocycles. The average Bonchev–Trinajstić information content (AvgIpc) is 3.10. The van der Waals surface area contributed by atoms with Crippen molar-refractivity contribution in [3.8, 4) is 11.3 Å². The Morgan fingerprint density at radius 3 is 2.55 bits per heavy atom. The molecule has 0 aliphatic rings. The number of aromatic nitrogens is 1. The Morgan fingerprint density at radius 2 is 1.86 bits per heavy atom. The second kappa shape index (κ2) is 9.21. The maximum Gasteiger partial charge on any atom is 0.226 e. The molecule has 10 heteroatoms. The van der Waals surface area contributed by atoms with Gasteiger partial charge >= 0.3 is 0 Å². The fraction of sp³-hybridized carbons (Fsp3) is 0.158. The van der Waals surface area contributed by atoms with Crippen LogP contribution in [0.3, 0.4) is 0 Å². The SMILES string of the molecule is O=C(CCCS(=O)(=O)c1ccc(F)cc1)Nc1nc(-c2ccc(Cl)cc2Cl)cs1. The normalized spacial score (nSPS) is 11.4. The van der Waals surface area contributed by atoms with Crippen LogP contribution >= 0.6 is 34.5 Å². The number of amides is 1. The van der Waals surface area contributed by atoms with Crippen LogP contribution in [0.1, 0.15) is 12.8 Å². The van der Waals surface area contributed by atoms with Crippen molar-refractivity contribution >= 4 is 55.4 Å². The van der Waals surface area contributed by atoms with E-state index in [1.165, 1.54) is 23.5 Å². The zero-order valence-corrected chi connectivity index (χ0v) is 18.0. The number of rotatable bonds is 7. The molecule has 1 N–H and O–H groups in total. The molecule has 0 fully saturated rings. The van der Waals surface area contributed by atoms with Crippen LogP contribution in [0, 0.1) is 5.82 Å². The van der Waals surface area contributed by atoms with E-state index in [4.69, 9.17) is 23.2 Å². The summed E-state index contributed by atoms with van der Waals surface area (Å²) in [5.74, 6) is -1.07. The number of nitrogens with one attached hydrogen (secondary N) is 1. The Kier molecular flexibility index (Phi) is 6.89. The number of nitrogens with zero attached hydrogens (tertiary/aromatic N) is 1. The van der Waals surface area contributed by atoms with Crippen molar-refractivity contribution in [2.75, 3.05) is 11.1 Å². The summed E-state index contributed by atoms with van der Waals surface area (Å²) in [5.41, 5.74) is 1.30. The molecule has 0 atom stereocenters. The van der Waals surface area contributed by atoms with E-state index in [-0.39, 0.29) is 29.4 Å². The first kappa shape index (κ1) is 21.7. The van der Waals surface area contributed by atoms with Crippen LogP contribution < -0.4 is 5.32 Å². The van der Waals surface area contributed by atoms with Crippen molar-refractivity contribution in [3.05, 3.63) is 63.7 Å². The lowest BCUT2D eigenvalue weighted by molar-refractivity contribution is -0.116. The van der Waals surface area contributed by atoms with Crippen molar-refractivity contribution in [1.82, 2.24) is 4.98 Å². The molecule has 0 spiro atoms. The van der Waals surface area contributed by atoms with Gasteiger partial charge in [0.2, 0.25) is 5.91 Å². The first-order chi connectivity index (χ1) is 13.7. The monoisotopic (exact) mass is 472 g/mol. The van der Waals surface area contributed by atoms with E-state index in [0.29, 0.717) is 26.4 Å². The molecule has 0 aliphatic carbocycles. The molecule has 0 bridgehead atoms. The molecule has 29 heavy (non-hydrogen) atoms. The van der Waals surface area contributed by atoms with Gasteiger partial charge in [0.25, 0.3) is 0 Å². The maximum atomic E-state index is 12.9. The fourth-order valence-electron chi connectivity index (χ4n) is 2.52. The molecule has 0 unspecified atom stereocenters. The molecule has 3 aromatic rings. The number of anilines is 1. The topological polar surface area (TPSA) is 76.1 Å². The van der Waals surface area contributed by atoms with Crippen LogP contribution in [0.5, 0.6) is 0 Å². The van der Waals surface area contributed by atoms with Crippen LogP contribution in [-0.4, -0.2) is 25.1 Å². The standard InChI is InChI=1S/C19H15Cl2FN2O3S2/c20-12-3-8-15(16(21)10-12)17-11-28-19(23-17)24-18(25)2-1-9-29(26,27)14-6-4-13(22)5-7-14/h3-8,10-11H,1-2,9H2,(H,23,24,25). The fourth-order valence-corrected chi connectivity index (χ4v) is 5.06. The van der Waals surface area contributed by atoms with Gasteiger partial charge in [0.15, 0.2) is 15.0 Å². The van der Waals surface area contributed by atoms with E-state index in [1.807, 2.05) is 0 Å². The number of hydrogen-bond acceptors (Lipinski definition) is 5. The number of hydrogen-bond donors (Lipinski definition) is 1. The molecule has 152 valence electrons. The number of benzene rings is 2. The number of sulfone groups is 1. The van der Waals surface area contributed by atoms with Gasteiger partial charge in [-0.25, -0.2) is 17.8 Å². The quantitative estimate of drug-likeness (QED) is 0.463. The van der Waals surface area contributed by atoms with Gasteiger partial charge in [-0.1, -0.05) is 23.2 Å². The van der Waals surface area contributed by atoms with Gasteiger partial charge in [-0.05, 0) is 48.9 Å². The Balaban J connectivity index is 1.55. The first-order valence-corrected chi connectivity index (χ1v) is 11.7. The minimum atomic E-state index is -3.57. The van der Waals surface area contributed by atoms with E-state index in [9.17, 15) is 17.6 Å². The van der Waals surface area contributed by atoms with Crippen molar-refractivity contribution in [2.24, 2.45) is 0 Å². The van der Waals surface area contributed by atoms with Crippen molar-refractivity contribution < 1.29 is 17.6 Å². The Hall–Kier alpha value is -2.00. The van der Waals surface area contributed by atoms with Gasteiger partial charge < -0.3 is 5.32 Å². The van der Waals surface area contributed by atoms with Gasteiger partial charge in [-0.3, -0.25) is 4.79 Å². The molecule has 1 aromatic heterocycles. The van der Waals surface area contributed by atoms with Gasteiger partial charge in [-0.15, -0.1) is 11.3 Å². The predicted molar refractivity (Wildman–Crippen MR) is 114 cm³/mol. The summed E-state index contributed by atoms with van der Waals surface area (Å²) in [6.45, 7) is 0. The summed E-state index contributed by atoms with van der Waals surface area (Å²) in [6.07, 6.45) is 0.143. The van der Waals surface area contributed by atoms with Gasteiger partial charge in [-0.2, -0.15) is 0 Å². The molecule has 1 heterocycles. The summed E-state index contributed by atoms with van der Waals surface area (Å²) in [4.78, 5) is 16.5. The highest BCUT2D eigenvalue weighted by molar-refractivity contribution is 7.91. The summed E-state index contributed by atoms with van der Waals surface area (Å²) in [7, 11) is -3.57. The van der Waals surface area contributed by atoms with Crippen molar-refractivity contribution in [2.45, 2.75) is 17.7 Å². The molecule has 0 radical (unpaired) electrons. The van der Waals surface area contributed by atoms with Crippen molar-refractivity contribution in [1.29, 1.82) is 0 Å². The number of halogens is 3. The van der Waals surface area contributed by atoms with Gasteiger partial charge in [0.1, 0.15) is 5.82 Å². The number of carbonyl (C=O) groups is 1. The van der Waals surface area contributed by atoms with Crippen LogP contribution in [0.2, 0.25) is 10.0 Å². The zero-order valence-electron chi connectivity index (χ0n) is 14.9. The number of thiazole rings is 1. The predicted octanol–water partition coefficient (Wildman–Crippen LogP) is 5.45. The molecule has 5 nitrogen and oxygen atoms in total. The Bertz CT molecular complexity index is 1130. The Labute approximate surface area is 181 Å². The molecule has 0 aliphatic heterocycles. The van der Waals surface area contributed by atoms with Crippen LogP contribution in [0.15, 0.2) is 52.7 Å². The van der Waals surface area contributed by atoms with Gasteiger partial charge in [0.05, 0.1) is 21.4 Å². The molecular weight excluding hydrogens is 458 g/mol. The lowest BCUT2D eigenvalue weighted by atomic mass is 10.2. The van der Waals surface area contributed by atoms with E-state index in [0.717, 1.165) is 12.1 Å².